The van der Waals surface area contributed by atoms with Gasteiger partial charge in [-0.1, -0.05) is 12.1 Å². The van der Waals surface area contributed by atoms with Gasteiger partial charge in [-0.2, -0.15) is 0 Å². The Morgan fingerprint density at radius 2 is 2.17 bits per heavy atom. The number of halogens is 2. The zero-order chi connectivity index (χ0) is 13.0. The minimum absolute atomic E-state index is 0.0933. The molecule has 0 aliphatic carbocycles. The average Bonchev–Trinajstić information content (AvgIpc) is 2.36. The molecule has 0 aliphatic heterocycles. The first-order chi connectivity index (χ1) is 8.69. The van der Waals surface area contributed by atoms with Crippen LogP contribution in [0.15, 0.2) is 47.2 Å². The van der Waals surface area contributed by atoms with Crippen LogP contribution in [-0.2, 0) is 6.42 Å². The van der Waals surface area contributed by atoms with Gasteiger partial charge in [-0.15, -0.1) is 0 Å². The maximum atomic E-state index is 5.66. The predicted octanol–water partition coefficient (Wildman–Crippen LogP) is 3.20. The maximum Gasteiger partial charge on any atom is 0.0501 e. The standard InChI is InChI=1S/C13H13BrIN3/c14-11-4-9(7-17-8-11)5-13(18-16)10-2-1-3-12(15)6-10/h1-4,6-8,13,18H,5,16H2. The third-order valence-corrected chi connectivity index (χ3v) is 3.76. The molecule has 18 heavy (non-hydrogen) atoms. The molecule has 3 nitrogen and oxygen atoms in total. The first-order valence-electron chi connectivity index (χ1n) is 5.50. The molecule has 0 bridgehead atoms. The van der Waals surface area contributed by atoms with Gasteiger partial charge in [0.2, 0.25) is 0 Å². The van der Waals surface area contributed by atoms with Crippen molar-refractivity contribution in [3.05, 3.63) is 61.9 Å². The molecular formula is C13H13BrIN3. The summed E-state index contributed by atoms with van der Waals surface area (Å²) in [5.74, 6) is 5.66. The lowest BCUT2D eigenvalue weighted by atomic mass is 10.0. The molecule has 3 N–H and O–H groups in total. The fraction of sp³-hybridized carbons (Fsp3) is 0.154. The Bertz CT molecular complexity index is 533. The summed E-state index contributed by atoms with van der Waals surface area (Å²) in [4.78, 5) is 4.17. The summed E-state index contributed by atoms with van der Waals surface area (Å²) in [6, 6.07) is 10.5. The normalized spacial score (nSPS) is 12.4. The van der Waals surface area contributed by atoms with E-state index in [4.69, 9.17) is 5.84 Å². The van der Waals surface area contributed by atoms with Crippen LogP contribution in [-0.4, -0.2) is 4.98 Å². The second-order valence-corrected chi connectivity index (χ2v) is 6.15. The van der Waals surface area contributed by atoms with Crippen molar-refractivity contribution < 1.29 is 0 Å². The Labute approximate surface area is 128 Å². The predicted molar refractivity (Wildman–Crippen MR) is 84.9 cm³/mol. The van der Waals surface area contributed by atoms with Crippen molar-refractivity contribution in [2.75, 3.05) is 0 Å². The molecule has 1 atom stereocenters. The molecule has 0 saturated heterocycles. The van der Waals surface area contributed by atoms with Gasteiger partial charge in [-0.25, -0.2) is 0 Å². The van der Waals surface area contributed by atoms with Crippen LogP contribution in [0.3, 0.4) is 0 Å². The Morgan fingerprint density at radius 1 is 1.33 bits per heavy atom. The molecule has 2 aromatic rings. The molecule has 0 aliphatic rings. The Kier molecular flexibility index (Phi) is 5.11. The summed E-state index contributed by atoms with van der Waals surface area (Å²) < 4.78 is 2.19. The van der Waals surface area contributed by atoms with Gasteiger partial charge in [0.1, 0.15) is 0 Å². The van der Waals surface area contributed by atoms with Gasteiger partial charge in [0.05, 0.1) is 6.04 Å². The first kappa shape index (κ1) is 13.9. The minimum Gasteiger partial charge on any atom is -0.271 e. The van der Waals surface area contributed by atoms with Gasteiger partial charge in [0.25, 0.3) is 0 Å². The van der Waals surface area contributed by atoms with E-state index in [2.05, 4.69) is 73.2 Å². The lowest BCUT2D eigenvalue weighted by Crippen LogP contribution is -2.29. The molecular weight excluding hydrogens is 405 g/mol. The Morgan fingerprint density at radius 3 is 2.83 bits per heavy atom. The van der Waals surface area contributed by atoms with E-state index in [1.165, 1.54) is 9.13 Å². The van der Waals surface area contributed by atoms with Gasteiger partial charge in [-0.3, -0.25) is 16.3 Å². The smallest absolute Gasteiger partial charge is 0.0501 e. The third-order valence-electron chi connectivity index (χ3n) is 2.65. The van der Waals surface area contributed by atoms with Crippen molar-refractivity contribution in [3.8, 4) is 0 Å². The number of hydrogen-bond donors (Lipinski definition) is 2. The molecule has 1 aromatic carbocycles. The lowest BCUT2D eigenvalue weighted by Gasteiger charge is -2.16. The van der Waals surface area contributed by atoms with E-state index in [0.717, 1.165) is 16.5 Å². The van der Waals surface area contributed by atoms with Crippen molar-refractivity contribution in [2.45, 2.75) is 12.5 Å². The fourth-order valence-corrected chi connectivity index (χ4v) is 2.78. The van der Waals surface area contributed by atoms with Gasteiger partial charge in [0.15, 0.2) is 0 Å². The number of aromatic nitrogens is 1. The summed E-state index contributed by atoms with van der Waals surface area (Å²) in [6.45, 7) is 0. The van der Waals surface area contributed by atoms with Crippen molar-refractivity contribution in [1.82, 2.24) is 10.4 Å². The van der Waals surface area contributed by atoms with E-state index in [1.807, 2.05) is 12.3 Å². The number of nitrogens with zero attached hydrogens (tertiary/aromatic N) is 1. The Balaban J connectivity index is 2.19. The van der Waals surface area contributed by atoms with E-state index >= 15 is 0 Å². The van der Waals surface area contributed by atoms with Crippen molar-refractivity contribution >= 4 is 38.5 Å². The van der Waals surface area contributed by atoms with Gasteiger partial charge in [0, 0.05) is 20.4 Å². The second-order valence-electron chi connectivity index (χ2n) is 3.99. The zero-order valence-corrected chi connectivity index (χ0v) is 13.3. The highest BCUT2D eigenvalue weighted by Gasteiger charge is 2.11. The molecule has 0 fully saturated rings. The molecule has 2 rings (SSSR count). The monoisotopic (exact) mass is 417 g/mol. The van der Waals surface area contributed by atoms with Crippen LogP contribution in [0.4, 0.5) is 0 Å². The quantitative estimate of drug-likeness (QED) is 0.456. The van der Waals surface area contributed by atoms with Crippen LogP contribution in [0, 0.1) is 3.57 Å². The topological polar surface area (TPSA) is 50.9 Å². The lowest BCUT2D eigenvalue weighted by molar-refractivity contribution is 0.551. The number of hydrazine groups is 1. The van der Waals surface area contributed by atoms with Crippen LogP contribution in [0.1, 0.15) is 17.2 Å². The van der Waals surface area contributed by atoms with E-state index in [-0.39, 0.29) is 6.04 Å². The van der Waals surface area contributed by atoms with Gasteiger partial charge in [-0.05, 0) is 74.3 Å². The molecule has 1 heterocycles. The highest BCUT2D eigenvalue weighted by atomic mass is 127. The summed E-state index contributed by atoms with van der Waals surface area (Å²) in [5.41, 5.74) is 5.20. The molecule has 5 heteroatoms. The molecule has 0 amide bonds. The highest BCUT2D eigenvalue weighted by Crippen LogP contribution is 2.20. The number of hydrogen-bond acceptors (Lipinski definition) is 3. The summed E-state index contributed by atoms with van der Waals surface area (Å²) in [6.07, 6.45) is 4.45. The number of nitrogens with one attached hydrogen (secondary N) is 1. The molecule has 0 saturated carbocycles. The highest BCUT2D eigenvalue weighted by molar-refractivity contribution is 14.1. The average molecular weight is 418 g/mol. The van der Waals surface area contributed by atoms with Gasteiger partial charge < -0.3 is 0 Å². The molecule has 94 valence electrons. The SMILES string of the molecule is NNC(Cc1cncc(Br)c1)c1cccc(I)c1. The summed E-state index contributed by atoms with van der Waals surface area (Å²) in [5, 5.41) is 0. The van der Waals surface area contributed by atoms with Crippen LogP contribution in [0.5, 0.6) is 0 Å². The summed E-state index contributed by atoms with van der Waals surface area (Å²) in [7, 11) is 0. The van der Waals surface area contributed by atoms with Crippen molar-refractivity contribution in [2.24, 2.45) is 5.84 Å². The maximum absolute atomic E-state index is 5.66. The molecule has 0 spiro atoms. The van der Waals surface area contributed by atoms with Crippen LogP contribution in [0.25, 0.3) is 0 Å². The van der Waals surface area contributed by atoms with Crippen LogP contribution >= 0.6 is 38.5 Å². The second kappa shape index (κ2) is 6.60. The van der Waals surface area contributed by atoms with E-state index in [9.17, 15) is 0 Å². The van der Waals surface area contributed by atoms with Crippen LogP contribution in [0.2, 0.25) is 0 Å². The Hall–Kier alpha value is -0.500. The molecule has 1 unspecified atom stereocenters. The number of pyridine rings is 1. The van der Waals surface area contributed by atoms with Crippen LogP contribution < -0.4 is 11.3 Å². The molecule has 0 radical (unpaired) electrons. The first-order valence-corrected chi connectivity index (χ1v) is 7.37. The van der Waals surface area contributed by atoms with E-state index in [1.54, 1.807) is 6.20 Å². The summed E-state index contributed by atoms with van der Waals surface area (Å²) >= 11 is 5.73. The largest absolute Gasteiger partial charge is 0.271 e. The third kappa shape index (κ3) is 3.74. The van der Waals surface area contributed by atoms with Crippen molar-refractivity contribution in [1.29, 1.82) is 0 Å². The fourth-order valence-electron chi connectivity index (χ4n) is 1.80. The number of benzene rings is 1. The van der Waals surface area contributed by atoms with E-state index in [0.29, 0.717) is 0 Å². The zero-order valence-electron chi connectivity index (χ0n) is 9.61. The molecule has 1 aromatic heterocycles. The number of nitrogens with two attached hydrogens (primary N) is 1. The van der Waals surface area contributed by atoms with Gasteiger partial charge >= 0.3 is 0 Å². The number of rotatable bonds is 4. The van der Waals surface area contributed by atoms with Crippen molar-refractivity contribution in [3.63, 3.8) is 0 Å². The van der Waals surface area contributed by atoms with E-state index < -0.39 is 0 Å². The minimum atomic E-state index is 0.0933.